The first-order valence-corrected chi connectivity index (χ1v) is 7.95. The summed E-state index contributed by atoms with van der Waals surface area (Å²) in [5.41, 5.74) is 1.75. The molecule has 0 amide bonds. The van der Waals surface area contributed by atoms with Crippen molar-refractivity contribution in [3.05, 3.63) is 54.4 Å². The van der Waals surface area contributed by atoms with Gasteiger partial charge in [0.25, 0.3) is 16.0 Å². The maximum absolute atomic E-state index is 12.2. The van der Waals surface area contributed by atoms with Gasteiger partial charge in [-0.05, 0) is 31.2 Å². The molecule has 2 aromatic heterocycles. The third kappa shape index (κ3) is 2.96. The number of pyridine rings is 1. The zero-order valence-corrected chi connectivity index (χ0v) is 12.5. The lowest BCUT2D eigenvalue weighted by molar-refractivity contribution is 0.601. The summed E-state index contributed by atoms with van der Waals surface area (Å²) in [5, 5.41) is 6.56. The van der Waals surface area contributed by atoms with Gasteiger partial charge in [0.2, 0.25) is 0 Å². The lowest BCUT2D eigenvalue weighted by Gasteiger charge is -2.04. The van der Waals surface area contributed by atoms with Crippen LogP contribution in [-0.4, -0.2) is 28.6 Å². The van der Waals surface area contributed by atoms with Crippen molar-refractivity contribution in [2.24, 2.45) is 0 Å². The highest BCUT2D eigenvalue weighted by atomic mass is 32.2. The molecule has 2 heterocycles. The first-order valence-electron chi connectivity index (χ1n) is 6.47. The van der Waals surface area contributed by atoms with Gasteiger partial charge in [-0.1, -0.05) is 17.7 Å². The number of H-pyrrole nitrogens is 1. The molecule has 0 saturated heterocycles. The Bertz CT molecular complexity index is 873. The summed E-state index contributed by atoms with van der Waals surface area (Å²) < 4.78 is 26.8. The number of hydrogen-bond donors (Lipinski definition) is 2. The fourth-order valence-electron chi connectivity index (χ4n) is 1.84. The molecule has 2 N–H and O–H groups in total. The first-order chi connectivity index (χ1) is 10.5. The number of aromatic amines is 1. The van der Waals surface area contributed by atoms with Crippen LogP contribution in [0.3, 0.4) is 0 Å². The van der Waals surface area contributed by atoms with Crippen LogP contribution in [0.2, 0.25) is 0 Å². The van der Waals surface area contributed by atoms with Crippen LogP contribution in [0.15, 0.2) is 53.7 Å². The van der Waals surface area contributed by atoms with Crippen LogP contribution in [-0.2, 0) is 10.0 Å². The van der Waals surface area contributed by atoms with Crippen LogP contribution in [0, 0.1) is 6.92 Å². The molecule has 112 valence electrons. The Balaban J connectivity index is 1.84. The molecule has 0 radical (unpaired) electrons. The second-order valence-corrected chi connectivity index (χ2v) is 6.34. The van der Waals surface area contributed by atoms with E-state index in [-0.39, 0.29) is 10.8 Å². The van der Waals surface area contributed by atoms with E-state index in [1.165, 1.54) is 12.1 Å². The third-order valence-electron chi connectivity index (χ3n) is 3.00. The fraction of sp³-hybridized carbons (Fsp3) is 0.0714. The van der Waals surface area contributed by atoms with Gasteiger partial charge in [0.1, 0.15) is 0 Å². The van der Waals surface area contributed by atoms with Gasteiger partial charge in [0, 0.05) is 18.0 Å². The lowest BCUT2D eigenvalue weighted by Crippen LogP contribution is -2.13. The molecule has 0 aliphatic carbocycles. The van der Waals surface area contributed by atoms with Gasteiger partial charge in [-0.2, -0.15) is 4.98 Å². The van der Waals surface area contributed by atoms with Gasteiger partial charge in [0.05, 0.1) is 4.90 Å². The Morgan fingerprint density at radius 2 is 1.73 bits per heavy atom. The number of nitrogens with zero attached hydrogens (tertiary/aromatic N) is 3. The molecule has 0 aliphatic heterocycles. The smallest absolute Gasteiger partial charge is 0.264 e. The molecule has 0 fully saturated rings. The van der Waals surface area contributed by atoms with Gasteiger partial charge in [-0.3, -0.25) is 10.1 Å². The third-order valence-corrected chi connectivity index (χ3v) is 4.34. The number of sulfonamides is 1. The van der Waals surface area contributed by atoms with E-state index in [1.54, 1.807) is 36.7 Å². The second-order valence-electron chi connectivity index (χ2n) is 4.66. The SMILES string of the molecule is Cc1ccc(S(=O)(=O)Nc2n[nH]c(-c3ccncc3)n2)cc1. The standard InChI is InChI=1S/C14H13N5O2S/c1-10-2-4-12(5-3-10)22(20,21)19-14-16-13(17-18-14)11-6-8-15-9-7-11/h2-9H,1H3,(H2,16,17,18,19). The predicted octanol–water partition coefficient (Wildman–Crippen LogP) is 1.98. The van der Waals surface area contributed by atoms with E-state index in [1.807, 2.05) is 6.92 Å². The van der Waals surface area contributed by atoms with Gasteiger partial charge < -0.3 is 0 Å². The average Bonchev–Trinajstić information content (AvgIpc) is 2.96. The van der Waals surface area contributed by atoms with Crippen LogP contribution < -0.4 is 4.72 Å². The van der Waals surface area contributed by atoms with Gasteiger partial charge in [-0.25, -0.2) is 13.1 Å². The number of aromatic nitrogens is 4. The van der Waals surface area contributed by atoms with E-state index in [4.69, 9.17) is 0 Å². The van der Waals surface area contributed by atoms with Crippen LogP contribution >= 0.6 is 0 Å². The van der Waals surface area contributed by atoms with E-state index in [9.17, 15) is 8.42 Å². The number of hydrogen-bond acceptors (Lipinski definition) is 5. The highest BCUT2D eigenvalue weighted by molar-refractivity contribution is 7.92. The molecule has 0 saturated carbocycles. The summed E-state index contributed by atoms with van der Waals surface area (Å²) >= 11 is 0. The highest BCUT2D eigenvalue weighted by Gasteiger charge is 2.16. The topological polar surface area (TPSA) is 101 Å². The summed E-state index contributed by atoms with van der Waals surface area (Å²) in [6, 6.07) is 10.0. The predicted molar refractivity (Wildman–Crippen MR) is 81.6 cm³/mol. The number of benzene rings is 1. The van der Waals surface area contributed by atoms with Crippen molar-refractivity contribution in [1.29, 1.82) is 0 Å². The van der Waals surface area contributed by atoms with E-state index in [0.29, 0.717) is 5.82 Å². The van der Waals surface area contributed by atoms with E-state index in [0.717, 1.165) is 11.1 Å². The van der Waals surface area contributed by atoms with Crippen molar-refractivity contribution < 1.29 is 8.42 Å². The monoisotopic (exact) mass is 315 g/mol. The number of aryl methyl sites for hydroxylation is 1. The first kappa shape index (κ1) is 14.2. The molecule has 0 bridgehead atoms. The summed E-state index contributed by atoms with van der Waals surface area (Å²) in [6.45, 7) is 1.89. The maximum Gasteiger partial charge on any atom is 0.264 e. The largest absolute Gasteiger partial charge is 0.265 e. The maximum atomic E-state index is 12.2. The molecule has 22 heavy (non-hydrogen) atoms. The van der Waals surface area contributed by atoms with Crippen molar-refractivity contribution >= 4 is 16.0 Å². The summed E-state index contributed by atoms with van der Waals surface area (Å²) in [5.74, 6) is 0.455. The van der Waals surface area contributed by atoms with Crippen molar-refractivity contribution in [1.82, 2.24) is 20.2 Å². The fourth-order valence-corrected chi connectivity index (χ4v) is 2.79. The molecule has 8 heteroatoms. The molecular weight excluding hydrogens is 302 g/mol. The Hall–Kier alpha value is -2.74. The minimum absolute atomic E-state index is 0.00705. The van der Waals surface area contributed by atoms with Crippen LogP contribution in [0.25, 0.3) is 11.4 Å². The Labute approximate surface area is 127 Å². The summed E-state index contributed by atoms with van der Waals surface area (Å²) in [4.78, 5) is 8.19. The van der Waals surface area contributed by atoms with Gasteiger partial charge in [0.15, 0.2) is 5.82 Å². The van der Waals surface area contributed by atoms with Crippen LogP contribution in [0.4, 0.5) is 5.95 Å². The Morgan fingerprint density at radius 3 is 2.41 bits per heavy atom. The molecule has 3 rings (SSSR count). The zero-order chi connectivity index (χ0) is 15.6. The minimum atomic E-state index is -3.71. The summed E-state index contributed by atoms with van der Waals surface area (Å²) in [7, 11) is -3.71. The molecule has 0 spiro atoms. The van der Waals surface area contributed by atoms with Crippen molar-refractivity contribution in [2.75, 3.05) is 4.72 Å². The van der Waals surface area contributed by atoms with Gasteiger partial charge >= 0.3 is 0 Å². The average molecular weight is 315 g/mol. The summed E-state index contributed by atoms with van der Waals surface area (Å²) in [6.07, 6.45) is 3.24. The van der Waals surface area contributed by atoms with E-state index in [2.05, 4.69) is 24.9 Å². The normalized spacial score (nSPS) is 11.3. The number of rotatable bonds is 4. The molecular formula is C14H13N5O2S. The molecule has 0 unspecified atom stereocenters. The minimum Gasteiger partial charge on any atom is -0.265 e. The van der Waals surface area contributed by atoms with E-state index >= 15 is 0 Å². The Kier molecular flexibility index (Phi) is 3.60. The van der Waals surface area contributed by atoms with Gasteiger partial charge in [-0.15, -0.1) is 5.10 Å². The van der Waals surface area contributed by atoms with Crippen LogP contribution in [0.5, 0.6) is 0 Å². The molecule has 7 nitrogen and oxygen atoms in total. The lowest BCUT2D eigenvalue weighted by atomic mass is 10.2. The number of anilines is 1. The van der Waals surface area contributed by atoms with Crippen LogP contribution in [0.1, 0.15) is 5.56 Å². The number of nitrogens with one attached hydrogen (secondary N) is 2. The second kappa shape index (κ2) is 5.57. The molecule has 0 atom stereocenters. The van der Waals surface area contributed by atoms with E-state index < -0.39 is 10.0 Å². The molecule has 0 aliphatic rings. The quantitative estimate of drug-likeness (QED) is 0.766. The zero-order valence-electron chi connectivity index (χ0n) is 11.7. The highest BCUT2D eigenvalue weighted by Crippen LogP contribution is 2.17. The van der Waals surface area contributed by atoms with Crippen molar-refractivity contribution in [3.63, 3.8) is 0 Å². The molecule has 1 aromatic carbocycles. The Morgan fingerprint density at radius 1 is 1.05 bits per heavy atom. The van der Waals surface area contributed by atoms with Crippen molar-refractivity contribution in [2.45, 2.75) is 11.8 Å². The molecule has 3 aromatic rings. The van der Waals surface area contributed by atoms with Crippen molar-refractivity contribution in [3.8, 4) is 11.4 Å².